The Morgan fingerprint density at radius 3 is 2.43 bits per heavy atom. The molecular formula is C16H10N2O3. The third-order valence-corrected chi connectivity index (χ3v) is 3.27. The minimum atomic E-state index is -0.610. The van der Waals surface area contributed by atoms with Crippen LogP contribution in [0.1, 0.15) is 5.56 Å². The first-order valence-corrected chi connectivity index (χ1v) is 6.33. The number of ether oxygens (including phenoxy) is 1. The minimum absolute atomic E-state index is 0.159. The fraction of sp³-hybridized carbons (Fsp3) is 0.0625. The lowest BCUT2D eigenvalue weighted by Crippen LogP contribution is -2.32. The lowest BCUT2D eigenvalue weighted by Gasteiger charge is -2.06. The van der Waals surface area contributed by atoms with Crippen LogP contribution in [-0.4, -0.2) is 4.79 Å². The summed E-state index contributed by atoms with van der Waals surface area (Å²) in [6.07, 6.45) is 0. The maximum absolute atomic E-state index is 12.1. The van der Waals surface area contributed by atoms with Crippen LogP contribution in [-0.2, 0) is 6.61 Å². The summed E-state index contributed by atoms with van der Waals surface area (Å²) in [4.78, 5) is 26.8. The predicted molar refractivity (Wildman–Crippen MR) is 76.4 cm³/mol. The van der Waals surface area contributed by atoms with Gasteiger partial charge >= 0.3 is 5.36 Å². The second-order valence-electron chi connectivity index (χ2n) is 4.56. The van der Waals surface area contributed by atoms with Crippen LogP contribution in [0.5, 0.6) is 5.75 Å². The first kappa shape index (κ1) is 13.0. The van der Waals surface area contributed by atoms with Gasteiger partial charge in [-0.25, -0.2) is 0 Å². The van der Waals surface area contributed by atoms with Crippen molar-refractivity contribution in [2.24, 2.45) is 0 Å². The second-order valence-corrected chi connectivity index (χ2v) is 4.56. The summed E-state index contributed by atoms with van der Waals surface area (Å²) in [7, 11) is 0. The smallest absolute Gasteiger partial charge is 0.410 e. The molecule has 0 radical (unpaired) electrons. The Morgan fingerprint density at radius 1 is 0.952 bits per heavy atom. The van der Waals surface area contributed by atoms with Crippen molar-refractivity contribution in [2.45, 2.75) is 6.61 Å². The van der Waals surface area contributed by atoms with Gasteiger partial charge in [0, 0.05) is 5.39 Å². The van der Waals surface area contributed by atoms with Gasteiger partial charge in [-0.3, -0.25) is 9.59 Å². The second kappa shape index (κ2) is 5.15. The standard InChI is InChI=1S/C16H10N2O3/c17-18-14-15(19)11-7-4-8-12(13(11)16(14)20)21-9-10-5-2-1-3-6-10/h1-8H,9H2. The van der Waals surface area contributed by atoms with Crippen molar-refractivity contribution in [1.29, 1.82) is 0 Å². The van der Waals surface area contributed by atoms with Crippen molar-refractivity contribution in [3.05, 3.63) is 85.4 Å². The monoisotopic (exact) mass is 278 g/mol. The van der Waals surface area contributed by atoms with Crippen LogP contribution < -0.4 is 21.0 Å². The molecule has 102 valence electrons. The van der Waals surface area contributed by atoms with Gasteiger partial charge in [0.15, 0.2) is 0 Å². The van der Waals surface area contributed by atoms with Gasteiger partial charge < -0.3 is 10.3 Å². The van der Waals surface area contributed by atoms with Gasteiger partial charge in [-0.15, -0.1) is 0 Å². The fourth-order valence-electron chi connectivity index (χ4n) is 2.25. The number of fused-ring (bicyclic) bond motifs is 1. The molecule has 0 heterocycles. The molecule has 0 fully saturated rings. The molecule has 0 bridgehead atoms. The number of benzene rings is 2. The van der Waals surface area contributed by atoms with E-state index in [9.17, 15) is 9.59 Å². The largest absolute Gasteiger partial charge is 0.488 e. The maximum atomic E-state index is 12.1. The van der Waals surface area contributed by atoms with E-state index in [2.05, 4.69) is 4.79 Å². The maximum Gasteiger partial charge on any atom is 0.410 e. The average molecular weight is 278 g/mol. The van der Waals surface area contributed by atoms with Crippen LogP contribution in [0.3, 0.4) is 0 Å². The summed E-state index contributed by atoms with van der Waals surface area (Å²) >= 11 is 0. The molecule has 0 spiro atoms. The summed E-state index contributed by atoms with van der Waals surface area (Å²) in [5.41, 5.74) is 8.54. The van der Waals surface area contributed by atoms with Gasteiger partial charge in [0.1, 0.15) is 12.4 Å². The van der Waals surface area contributed by atoms with Gasteiger partial charge in [-0.05, 0) is 17.7 Å². The highest BCUT2D eigenvalue weighted by Crippen LogP contribution is 2.20. The summed E-state index contributed by atoms with van der Waals surface area (Å²) in [6.45, 7) is 0.282. The summed E-state index contributed by atoms with van der Waals surface area (Å²) in [5, 5.41) is -0.106. The van der Waals surface area contributed by atoms with Gasteiger partial charge in [0.2, 0.25) is 0 Å². The average Bonchev–Trinajstić information content (AvgIpc) is 2.78. The Hall–Kier alpha value is -3.04. The molecule has 0 atom stereocenters. The number of nitrogens with zero attached hydrogens (tertiary/aromatic N) is 2. The number of hydrogen-bond acceptors (Lipinski definition) is 3. The van der Waals surface area contributed by atoms with E-state index in [-0.39, 0.29) is 17.4 Å². The van der Waals surface area contributed by atoms with E-state index in [0.717, 1.165) is 5.56 Å². The van der Waals surface area contributed by atoms with Crippen LogP contribution in [0.15, 0.2) is 58.1 Å². The first-order valence-electron chi connectivity index (χ1n) is 6.33. The van der Waals surface area contributed by atoms with Gasteiger partial charge in [0.25, 0.3) is 10.9 Å². The Kier molecular flexibility index (Phi) is 3.18. The number of rotatable bonds is 3. The van der Waals surface area contributed by atoms with Crippen molar-refractivity contribution in [3.8, 4) is 5.75 Å². The van der Waals surface area contributed by atoms with Crippen molar-refractivity contribution in [3.63, 3.8) is 0 Å². The quantitative estimate of drug-likeness (QED) is 0.532. The highest BCUT2D eigenvalue weighted by Gasteiger charge is 2.19. The molecule has 3 aromatic carbocycles. The SMILES string of the molecule is [N-]=[N+]=c1c(=O)c2cccc(OCc3ccccc3)c2c1=O. The molecule has 0 N–H and O–H groups in total. The molecule has 0 aliphatic rings. The van der Waals surface area contributed by atoms with Gasteiger partial charge in [0.05, 0.1) is 5.39 Å². The molecule has 0 amide bonds. The predicted octanol–water partition coefficient (Wildman–Crippen LogP) is 1.15. The molecule has 0 saturated carbocycles. The number of hydrogen-bond donors (Lipinski definition) is 0. The van der Waals surface area contributed by atoms with Crippen LogP contribution in [0.25, 0.3) is 16.3 Å². The van der Waals surface area contributed by atoms with E-state index >= 15 is 0 Å². The van der Waals surface area contributed by atoms with Crippen molar-refractivity contribution < 1.29 is 9.53 Å². The Morgan fingerprint density at radius 2 is 1.71 bits per heavy atom. The lowest BCUT2D eigenvalue weighted by molar-refractivity contribution is -0.0674. The lowest BCUT2D eigenvalue weighted by atomic mass is 10.2. The highest BCUT2D eigenvalue weighted by atomic mass is 16.5. The molecule has 0 saturated heterocycles. The van der Waals surface area contributed by atoms with E-state index in [1.54, 1.807) is 12.1 Å². The third kappa shape index (κ3) is 2.16. The van der Waals surface area contributed by atoms with E-state index in [1.165, 1.54) is 6.07 Å². The molecule has 0 aliphatic heterocycles. The van der Waals surface area contributed by atoms with Crippen molar-refractivity contribution in [2.75, 3.05) is 0 Å². The first-order chi connectivity index (χ1) is 10.2. The fourth-order valence-corrected chi connectivity index (χ4v) is 2.25. The molecule has 3 aromatic rings. The minimum Gasteiger partial charge on any atom is -0.488 e. The van der Waals surface area contributed by atoms with E-state index in [0.29, 0.717) is 5.75 Å². The van der Waals surface area contributed by atoms with Crippen LogP contribution in [0, 0.1) is 0 Å². The Balaban J connectivity index is 2.10. The van der Waals surface area contributed by atoms with Crippen LogP contribution >= 0.6 is 0 Å². The van der Waals surface area contributed by atoms with E-state index in [4.69, 9.17) is 10.3 Å². The van der Waals surface area contributed by atoms with Crippen LogP contribution in [0.2, 0.25) is 0 Å². The van der Waals surface area contributed by atoms with Gasteiger partial charge in [-0.2, -0.15) is 4.79 Å². The molecule has 3 rings (SSSR count). The zero-order valence-electron chi connectivity index (χ0n) is 10.9. The summed E-state index contributed by atoms with van der Waals surface area (Å²) in [5.74, 6) is 0.313. The van der Waals surface area contributed by atoms with Crippen LogP contribution in [0.4, 0.5) is 0 Å². The van der Waals surface area contributed by atoms with E-state index < -0.39 is 16.2 Å². The third-order valence-electron chi connectivity index (χ3n) is 3.27. The molecule has 21 heavy (non-hydrogen) atoms. The van der Waals surface area contributed by atoms with Crippen molar-refractivity contribution >= 4 is 10.8 Å². The van der Waals surface area contributed by atoms with Crippen molar-refractivity contribution in [1.82, 2.24) is 0 Å². The zero-order chi connectivity index (χ0) is 14.8. The molecule has 0 aliphatic carbocycles. The topological polar surface area (TPSA) is 79.8 Å². The molecular weight excluding hydrogens is 268 g/mol. The molecule has 5 heteroatoms. The van der Waals surface area contributed by atoms with Gasteiger partial charge in [-0.1, -0.05) is 36.4 Å². The summed E-state index contributed by atoms with van der Waals surface area (Å²) in [6, 6.07) is 14.2. The molecule has 0 aromatic heterocycles. The normalized spacial score (nSPS) is 10.5. The molecule has 5 nitrogen and oxygen atoms in total. The zero-order valence-corrected chi connectivity index (χ0v) is 10.9. The Labute approximate surface area is 119 Å². The Bertz CT molecular complexity index is 980. The molecule has 0 unspecified atom stereocenters. The summed E-state index contributed by atoms with van der Waals surface area (Å²) < 4.78 is 5.64. The van der Waals surface area contributed by atoms with E-state index in [1.807, 2.05) is 30.3 Å². The highest BCUT2D eigenvalue weighted by molar-refractivity contribution is 5.88.